The van der Waals surface area contributed by atoms with Gasteiger partial charge in [-0.3, -0.25) is 19.4 Å². The first-order chi connectivity index (χ1) is 26.0. The van der Waals surface area contributed by atoms with E-state index in [0.29, 0.717) is 10.0 Å². The van der Waals surface area contributed by atoms with Crippen molar-refractivity contribution in [3.05, 3.63) is 57.6 Å². The molecular weight excluding hydrogens is 873 g/mol. The van der Waals surface area contributed by atoms with E-state index in [1.807, 2.05) is 50.2 Å². The monoisotopic (exact) mass is 944 g/mol. The number of piperidine rings is 2. The summed E-state index contributed by atoms with van der Waals surface area (Å²) < 4.78 is 0. The molecule has 2 aromatic carbocycles. The largest absolute Gasteiger partial charge is 0.412 e. The molecule has 15 heteroatoms. The zero-order valence-electron chi connectivity index (χ0n) is 36.3. The molecule has 4 aliphatic rings. The standard InChI is InChI=1S/2C22H34ClN3O.4ClH.H2O/c2*1-4-26(5-2)22(12-14-25(15-13-22)19-8-6-7-9-19)21(27)24-20-16-18(23)11-10-17(20)3;;;;;/h2*10-11,16,19H,4-9,12-15H2,1-3H3,(H,24,27);4*1H;1H2. The molecule has 2 heterocycles. The Morgan fingerprint density at radius 1 is 0.593 bits per heavy atom. The number of rotatable bonds is 12. The van der Waals surface area contributed by atoms with Gasteiger partial charge in [0.2, 0.25) is 11.8 Å². The first kappa shape index (κ1) is 57.9. The maximum absolute atomic E-state index is 13.5. The minimum Gasteiger partial charge on any atom is -0.412 e. The van der Waals surface area contributed by atoms with Gasteiger partial charge in [-0.1, -0.05) is 88.7 Å². The van der Waals surface area contributed by atoms with Gasteiger partial charge >= 0.3 is 0 Å². The average Bonchev–Trinajstić information content (AvgIpc) is 3.93. The summed E-state index contributed by atoms with van der Waals surface area (Å²) >= 11 is 12.3. The number of likely N-dealkylation sites (tertiary alicyclic amines) is 2. The first-order valence-electron chi connectivity index (χ1n) is 21.1. The molecule has 0 atom stereocenters. The van der Waals surface area contributed by atoms with Gasteiger partial charge in [-0.15, -0.1) is 49.6 Å². The van der Waals surface area contributed by atoms with Gasteiger partial charge < -0.3 is 25.9 Å². The number of carbonyl (C=O) groups is 2. The fourth-order valence-corrected chi connectivity index (χ4v) is 10.4. The van der Waals surface area contributed by atoms with E-state index in [1.165, 1.54) is 51.4 Å². The average molecular weight is 948 g/mol. The second kappa shape index (κ2) is 27.2. The number of likely N-dealkylation sites (N-methyl/N-ethyl adjacent to an activating group) is 2. The molecule has 0 unspecified atom stereocenters. The predicted octanol–water partition coefficient (Wildman–Crippen LogP) is 10.3. The van der Waals surface area contributed by atoms with Crippen LogP contribution in [0.3, 0.4) is 0 Å². The first-order valence-corrected chi connectivity index (χ1v) is 21.9. The van der Waals surface area contributed by atoms with Gasteiger partial charge in [0.15, 0.2) is 0 Å². The fourth-order valence-electron chi connectivity index (χ4n) is 10.0. The van der Waals surface area contributed by atoms with E-state index in [1.54, 1.807) is 0 Å². The summed E-state index contributed by atoms with van der Waals surface area (Å²) in [7, 11) is 0. The van der Waals surface area contributed by atoms with Crippen molar-refractivity contribution in [2.45, 2.75) is 142 Å². The summed E-state index contributed by atoms with van der Waals surface area (Å²) in [5.41, 5.74) is 2.91. The number of aryl methyl sites for hydroxylation is 2. The number of anilines is 2. The van der Waals surface area contributed by atoms with E-state index in [9.17, 15) is 9.59 Å². The molecule has 340 valence electrons. The molecule has 0 aromatic heterocycles. The van der Waals surface area contributed by atoms with E-state index in [0.717, 1.165) is 113 Å². The zero-order chi connectivity index (χ0) is 38.9. The van der Waals surface area contributed by atoms with Crippen LogP contribution in [0.15, 0.2) is 36.4 Å². The van der Waals surface area contributed by atoms with Gasteiger partial charge in [0.25, 0.3) is 0 Å². The quantitative estimate of drug-likeness (QED) is 0.220. The molecule has 4 N–H and O–H groups in total. The fraction of sp³-hybridized carbons (Fsp3) is 0.682. The maximum atomic E-state index is 13.5. The van der Waals surface area contributed by atoms with Crippen molar-refractivity contribution in [1.82, 2.24) is 19.6 Å². The minimum absolute atomic E-state index is 0. The van der Waals surface area contributed by atoms with Gasteiger partial charge in [0, 0.05) is 59.7 Å². The Kier molecular flexibility index (Phi) is 26.7. The Bertz CT molecular complexity index is 1420. The van der Waals surface area contributed by atoms with E-state index in [4.69, 9.17) is 23.2 Å². The molecule has 0 radical (unpaired) electrons. The van der Waals surface area contributed by atoms with Crippen molar-refractivity contribution < 1.29 is 15.1 Å². The Balaban J connectivity index is 0.00000105. The third-order valence-corrected chi connectivity index (χ3v) is 13.9. The molecule has 6 rings (SSSR count). The molecule has 2 aromatic rings. The smallest absolute Gasteiger partial charge is 0.245 e. The zero-order valence-corrected chi connectivity index (χ0v) is 41.0. The molecule has 2 saturated carbocycles. The van der Waals surface area contributed by atoms with Crippen molar-refractivity contribution in [1.29, 1.82) is 0 Å². The van der Waals surface area contributed by atoms with Crippen LogP contribution in [0.2, 0.25) is 10.0 Å². The lowest BCUT2D eigenvalue weighted by molar-refractivity contribution is -0.132. The molecular formula is C44H74Cl6N6O3. The Hall–Kier alpha value is -1.08. The van der Waals surface area contributed by atoms with Crippen LogP contribution in [0, 0.1) is 13.8 Å². The molecule has 0 bridgehead atoms. The second-order valence-electron chi connectivity index (χ2n) is 16.2. The van der Waals surface area contributed by atoms with Crippen molar-refractivity contribution in [2.24, 2.45) is 0 Å². The highest BCUT2D eigenvalue weighted by Crippen LogP contribution is 2.37. The highest BCUT2D eigenvalue weighted by Gasteiger charge is 2.47. The number of benzene rings is 2. The van der Waals surface area contributed by atoms with Gasteiger partial charge in [-0.05, 0) is 127 Å². The lowest BCUT2D eigenvalue weighted by Crippen LogP contribution is -2.62. The van der Waals surface area contributed by atoms with E-state index in [-0.39, 0.29) is 66.9 Å². The minimum atomic E-state index is -0.423. The third kappa shape index (κ3) is 14.0. The Labute approximate surface area is 390 Å². The summed E-state index contributed by atoms with van der Waals surface area (Å²) in [4.78, 5) is 37.0. The SMILES string of the molecule is CCN(CC)C1(C(=O)Nc2cc(Cl)ccc2C)CCN(C2CCCC2)CC1.CCN(CC)C1(C(=O)Nc2cc(Cl)ccc2C)CCN(C2CCCC2)CC1.Cl.Cl.Cl.Cl.O. The highest BCUT2D eigenvalue weighted by atomic mass is 35.5. The number of nitrogens with zero attached hydrogens (tertiary/aromatic N) is 4. The number of halogens is 6. The maximum Gasteiger partial charge on any atom is 0.245 e. The number of carbonyl (C=O) groups excluding carboxylic acids is 2. The summed E-state index contributed by atoms with van der Waals surface area (Å²) in [5, 5.41) is 7.74. The summed E-state index contributed by atoms with van der Waals surface area (Å²) in [6.07, 6.45) is 14.3. The number of hydrogen-bond donors (Lipinski definition) is 2. The molecule has 2 aliphatic carbocycles. The summed E-state index contributed by atoms with van der Waals surface area (Å²) in [6, 6.07) is 12.8. The normalized spacial score (nSPS) is 19.2. The van der Waals surface area contributed by atoms with Crippen LogP contribution < -0.4 is 10.6 Å². The van der Waals surface area contributed by atoms with E-state index >= 15 is 0 Å². The van der Waals surface area contributed by atoms with Crippen LogP contribution in [0.1, 0.15) is 116 Å². The molecule has 0 spiro atoms. The number of hydrogen-bond acceptors (Lipinski definition) is 6. The molecule has 4 fully saturated rings. The van der Waals surface area contributed by atoms with Crippen LogP contribution in [-0.4, -0.2) is 112 Å². The van der Waals surface area contributed by atoms with Gasteiger partial charge in [-0.2, -0.15) is 0 Å². The summed E-state index contributed by atoms with van der Waals surface area (Å²) in [5.74, 6) is 0.255. The third-order valence-electron chi connectivity index (χ3n) is 13.4. The number of amides is 2. The van der Waals surface area contributed by atoms with Crippen LogP contribution in [0.25, 0.3) is 0 Å². The van der Waals surface area contributed by atoms with Gasteiger partial charge in [-0.25, -0.2) is 0 Å². The van der Waals surface area contributed by atoms with E-state index < -0.39 is 11.1 Å². The highest BCUT2D eigenvalue weighted by molar-refractivity contribution is 6.31. The van der Waals surface area contributed by atoms with Crippen LogP contribution >= 0.6 is 72.8 Å². The van der Waals surface area contributed by atoms with Crippen LogP contribution in [0.5, 0.6) is 0 Å². The van der Waals surface area contributed by atoms with Crippen molar-refractivity contribution >= 4 is 96.0 Å². The Morgan fingerprint density at radius 2 is 0.881 bits per heavy atom. The number of nitrogens with one attached hydrogen (secondary N) is 2. The topological polar surface area (TPSA) is 103 Å². The Morgan fingerprint density at radius 3 is 1.15 bits per heavy atom. The lowest BCUT2D eigenvalue weighted by Gasteiger charge is -2.48. The summed E-state index contributed by atoms with van der Waals surface area (Å²) in [6.45, 7) is 20.3. The van der Waals surface area contributed by atoms with Gasteiger partial charge in [0.1, 0.15) is 11.1 Å². The molecule has 2 amide bonds. The van der Waals surface area contributed by atoms with Crippen LogP contribution in [-0.2, 0) is 9.59 Å². The molecule has 2 aliphatic heterocycles. The molecule has 2 saturated heterocycles. The van der Waals surface area contributed by atoms with Crippen LogP contribution in [0.4, 0.5) is 11.4 Å². The van der Waals surface area contributed by atoms with Crippen molar-refractivity contribution in [2.75, 3.05) is 63.0 Å². The molecule has 59 heavy (non-hydrogen) atoms. The van der Waals surface area contributed by atoms with E-state index in [2.05, 4.69) is 57.9 Å². The van der Waals surface area contributed by atoms with Gasteiger partial charge in [0.05, 0.1) is 0 Å². The van der Waals surface area contributed by atoms with Crippen molar-refractivity contribution in [3.8, 4) is 0 Å². The molecule has 9 nitrogen and oxygen atoms in total. The van der Waals surface area contributed by atoms with Crippen molar-refractivity contribution in [3.63, 3.8) is 0 Å². The second-order valence-corrected chi connectivity index (χ2v) is 17.1. The predicted molar refractivity (Wildman–Crippen MR) is 260 cm³/mol. The lowest BCUT2D eigenvalue weighted by atomic mass is 9.83.